The van der Waals surface area contributed by atoms with Gasteiger partial charge in [0.15, 0.2) is 0 Å². The first-order valence-electron chi connectivity index (χ1n) is 7.45. The SMILES string of the molecule is Cc1ccccc1S(=O)(=O)NC(=O)c1cn(C)c(-c2cccnc2)n1. The number of imidazole rings is 1. The van der Waals surface area contributed by atoms with Crippen molar-refractivity contribution in [2.45, 2.75) is 11.8 Å². The van der Waals surface area contributed by atoms with Crippen LogP contribution in [-0.4, -0.2) is 28.9 Å². The second kappa shape index (κ2) is 6.48. The van der Waals surface area contributed by atoms with Crippen molar-refractivity contribution in [3.8, 4) is 11.4 Å². The van der Waals surface area contributed by atoms with Crippen molar-refractivity contribution >= 4 is 15.9 Å². The van der Waals surface area contributed by atoms with Gasteiger partial charge in [-0.2, -0.15) is 0 Å². The first-order chi connectivity index (χ1) is 11.9. The van der Waals surface area contributed by atoms with Crippen LogP contribution in [0.4, 0.5) is 0 Å². The summed E-state index contributed by atoms with van der Waals surface area (Å²) in [5, 5.41) is 0. The van der Waals surface area contributed by atoms with Gasteiger partial charge in [0.2, 0.25) is 0 Å². The van der Waals surface area contributed by atoms with E-state index in [2.05, 4.69) is 14.7 Å². The second-order valence-electron chi connectivity index (χ2n) is 5.50. The number of nitrogens with zero attached hydrogens (tertiary/aromatic N) is 3. The van der Waals surface area contributed by atoms with Gasteiger partial charge in [-0.25, -0.2) is 18.1 Å². The molecule has 0 bridgehead atoms. The van der Waals surface area contributed by atoms with Crippen molar-refractivity contribution in [2.24, 2.45) is 7.05 Å². The summed E-state index contributed by atoms with van der Waals surface area (Å²) in [7, 11) is -2.24. The lowest BCUT2D eigenvalue weighted by Gasteiger charge is -2.07. The summed E-state index contributed by atoms with van der Waals surface area (Å²) in [6.45, 7) is 1.67. The Hall–Kier alpha value is -3.00. The molecule has 25 heavy (non-hydrogen) atoms. The van der Waals surface area contributed by atoms with Crippen LogP contribution in [0.25, 0.3) is 11.4 Å². The second-order valence-corrected chi connectivity index (χ2v) is 7.15. The molecule has 0 radical (unpaired) electrons. The largest absolute Gasteiger partial charge is 0.333 e. The number of benzene rings is 1. The molecule has 2 aromatic heterocycles. The lowest BCUT2D eigenvalue weighted by Crippen LogP contribution is -2.31. The lowest BCUT2D eigenvalue weighted by molar-refractivity contribution is 0.0977. The molecule has 7 nitrogen and oxygen atoms in total. The molecular formula is C17H16N4O3S. The number of pyridine rings is 1. The highest BCUT2D eigenvalue weighted by atomic mass is 32.2. The molecule has 0 saturated heterocycles. The standard InChI is InChI=1S/C17H16N4O3S/c1-12-6-3-4-8-15(12)25(23,24)20-17(22)14-11-21(2)16(19-14)13-7-5-9-18-10-13/h3-11H,1-2H3,(H,20,22). The summed E-state index contributed by atoms with van der Waals surface area (Å²) in [5.74, 6) is -0.263. The molecule has 3 rings (SSSR count). The van der Waals surface area contributed by atoms with E-state index in [1.807, 2.05) is 0 Å². The molecule has 0 aliphatic heterocycles. The van der Waals surface area contributed by atoms with Gasteiger partial charge in [0.1, 0.15) is 11.5 Å². The molecule has 0 aliphatic carbocycles. The Morgan fingerprint density at radius 2 is 1.92 bits per heavy atom. The maximum absolute atomic E-state index is 12.4. The highest BCUT2D eigenvalue weighted by Gasteiger charge is 2.22. The van der Waals surface area contributed by atoms with E-state index in [0.29, 0.717) is 11.4 Å². The summed E-state index contributed by atoms with van der Waals surface area (Å²) in [5.41, 5.74) is 1.30. The minimum absolute atomic E-state index is 0.0125. The Morgan fingerprint density at radius 1 is 1.16 bits per heavy atom. The molecule has 0 aliphatic rings. The van der Waals surface area contributed by atoms with Gasteiger partial charge >= 0.3 is 0 Å². The normalized spacial score (nSPS) is 11.3. The van der Waals surface area contributed by atoms with Gasteiger partial charge in [-0.3, -0.25) is 9.78 Å². The monoisotopic (exact) mass is 356 g/mol. The maximum Gasteiger partial charge on any atom is 0.285 e. The number of aryl methyl sites for hydroxylation is 2. The number of hydrogen-bond donors (Lipinski definition) is 1. The molecule has 3 aromatic rings. The number of aromatic nitrogens is 3. The lowest BCUT2D eigenvalue weighted by atomic mass is 10.2. The third-order valence-corrected chi connectivity index (χ3v) is 5.13. The van der Waals surface area contributed by atoms with E-state index in [9.17, 15) is 13.2 Å². The molecule has 8 heteroatoms. The van der Waals surface area contributed by atoms with E-state index in [-0.39, 0.29) is 10.6 Å². The van der Waals surface area contributed by atoms with Crippen molar-refractivity contribution in [2.75, 3.05) is 0 Å². The van der Waals surface area contributed by atoms with Crippen LogP contribution in [0.2, 0.25) is 0 Å². The third-order valence-electron chi connectivity index (χ3n) is 3.64. The van der Waals surface area contributed by atoms with Gasteiger partial charge in [0, 0.05) is 31.2 Å². The average Bonchev–Trinajstić information content (AvgIpc) is 2.97. The van der Waals surface area contributed by atoms with Crippen LogP contribution in [0.1, 0.15) is 16.1 Å². The highest BCUT2D eigenvalue weighted by molar-refractivity contribution is 7.90. The van der Waals surface area contributed by atoms with Gasteiger partial charge in [-0.1, -0.05) is 18.2 Å². The van der Waals surface area contributed by atoms with Gasteiger partial charge in [-0.15, -0.1) is 0 Å². The molecule has 1 aromatic carbocycles. The van der Waals surface area contributed by atoms with Crippen molar-refractivity contribution in [1.82, 2.24) is 19.3 Å². The summed E-state index contributed by atoms with van der Waals surface area (Å²) in [4.78, 5) is 20.7. The first kappa shape index (κ1) is 16.8. The van der Waals surface area contributed by atoms with Crippen LogP contribution in [0.5, 0.6) is 0 Å². The topological polar surface area (TPSA) is 94.0 Å². The molecule has 0 unspecified atom stereocenters. The van der Waals surface area contributed by atoms with Crippen LogP contribution in [0.15, 0.2) is 59.9 Å². The molecule has 0 saturated carbocycles. The van der Waals surface area contributed by atoms with E-state index >= 15 is 0 Å². The van der Waals surface area contributed by atoms with E-state index in [1.54, 1.807) is 61.3 Å². The Morgan fingerprint density at radius 3 is 2.60 bits per heavy atom. The van der Waals surface area contributed by atoms with Gasteiger partial charge in [-0.05, 0) is 30.7 Å². The first-order valence-corrected chi connectivity index (χ1v) is 8.93. The minimum atomic E-state index is -3.97. The predicted molar refractivity (Wildman–Crippen MR) is 92.3 cm³/mol. The Kier molecular flexibility index (Phi) is 4.37. The molecule has 1 amide bonds. The minimum Gasteiger partial charge on any atom is -0.333 e. The smallest absolute Gasteiger partial charge is 0.285 e. The van der Waals surface area contributed by atoms with Crippen LogP contribution < -0.4 is 4.72 Å². The number of rotatable bonds is 4. The zero-order valence-electron chi connectivity index (χ0n) is 13.7. The molecular weight excluding hydrogens is 340 g/mol. The molecule has 0 spiro atoms. The van der Waals surface area contributed by atoms with Crippen molar-refractivity contribution in [1.29, 1.82) is 0 Å². The van der Waals surface area contributed by atoms with E-state index in [4.69, 9.17) is 0 Å². The van der Waals surface area contributed by atoms with Crippen LogP contribution >= 0.6 is 0 Å². The molecule has 1 N–H and O–H groups in total. The maximum atomic E-state index is 12.4. The van der Waals surface area contributed by atoms with Crippen molar-refractivity contribution in [3.63, 3.8) is 0 Å². The molecule has 2 heterocycles. The fraction of sp³-hybridized carbons (Fsp3) is 0.118. The number of carbonyl (C=O) groups is 1. The predicted octanol–water partition coefficient (Wildman–Crippen LogP) is 1.91. The summed E-state index contributed by atoms with van der Waals surface area (Å²) >= 11 is 0. The van der Waals surface area contributed by atoms with Gasteiger partial charge in [0.25, 0.3) is 15.9 Å². The average molecular weight is 356 g/mol. The number of carbonyl (C=O) groups excluding carboxylic acids is 1. The zero-order chi connectivity index (χ0) is 18.0. The molecule has 0 fully saturated rings. The highest BCUT2D eigenvalue weighted by Crippen LogP contribution is 2.18. The fourth-order valence-electron chi connectivity index (χ4n) is 2.43. The zero-order valence-corrected chi connectivity index (χ0v) is 14.5. The van der Waals surface area contributed by atoms with Crippen LogP contribution in [0.3, 0.4) is 0 Å². The van der Waals surface area contributed by atoms with Crippen molar-refractivity contribution in [3.05, 3.63) is 66.2 Å². The molecule has 128 valence electrons. The van der Waals surface area contributed by atoms with E-state index in [1.165, 1.54) is 12.3 Å². The quantitative estimate of drug-likeness (QED) is 0.771. The fourth-order valence-corrected chi connectivity index (χ4v) is 3.63. The van der Waals surface area contributed by atoms with Crippen LogP contribution in [0, 0.1) is 6.92 Å². The third kappa shape index (κ3) is 3.43. The number of nitrogens with one attached hydrogen (secondary N) is 1. The van der Waals surface area contributed by atoms with Crippen molar-refractivity contribution < 1.29 is 13.2 Å². The van der Waals surface area contributed by atoms with E-state index in [0.717, 1.165) is 5.56 Å². The number of amides is 1. The Balaban J connectivity index is 1.89. The Bertz CT molecular complexity index is 1030. The van der Waals surface area contributed by atoms with Gasteiger partial charge < -0.3 is 4.57 Å². The summed E-state index contributed by atoms with van der Waals surface area (Å²) in [6.07, 6.45) is 4.73. The summed E-state index contributed by atoms with van der Waals surface area (Å²) < 4.78 is 28.6. The molecule has 0 atom stereocenters. The Labute approximate surface area is 145 Å². The van der Waals surface area contributed by atoms with Crippen LogP contribution in [-0.2, 0) is 17.1 Å². The summed E-state index contributed by atoms with van der Waals surface area (Å²) in [6, 6.07) is 10.0. The number of sulfonamides is 1. The van der Waals surface area contributed by atoms with E-state index < -0.39 is 15.9 Å². The van der Waals surface area contributed by atoms with Gasteiger partial charge in [0.05, 0.1) is 4.90 Å². The number of hydrogen-bond acceptors (Lipinski definition) is 5.